The van der Waals surface area contributed by atoms with Gasteiger partial charge in [0.15, 0.2) is 6.10 Å². The molecule has 164 valence electrons. The van der Waals surface area contributed by atoms with Gasteiger partial charge in [-0.3, -0.25) is 4.79 Å². The lowest BCUT2D eigenvalue weighted by molar-refractivity contribution is -0.288. The van der Waals surface area contributed by atoms with Crippen molar-refractivity contribution in [2.45, 2.75) is 55.5 Å². The zero-order chi connectivity index (χ0) is 22.2. The van der Waals surface area contributed by atoms with E-state index >= 15 is 0 Å². The smallest absolute Gasteiger partial charge is 0.335 e. The summed E-state index contributed by atoms with van der Waals surface area (Å²) in [6.07, 6.45) is -8.30. The van der Waals surface area contributed by atoms with Crippen molar-refractivity contribution in [3.63, 3.8) is 0 Å². The molecule has 30 heavy (non-hydrogen) atoms. The first-order chi connectivity index (χ1) is 14.1. The molecule has 1 aliphatic carbocycles. The first-order valence-electron chi connectivity index (χ1n) is 9.07. The average molecular weight is 428 g/mol. The standard InChI is InChI=1S/C18H21FN2O9/c19-9-6-7(2-3-8(9)14(20)25)21-18(4-1-5-18)17(28)30-16-12(24)10(22)11(23)13(29-16)15(26)27/h2-3,6,10-13,16,21-24H,1,4-5H2,(H2,20,25)(H,26,27)/t10-,11-,12+,13-,16-/m0/s1. The van der Waals surface area contributed by atoms with Gasteiger partial charge < -0.3 is 41.0 Å². The monoisotopic (exact) mass is 428 g/mol. The fourth-order valence-electron chi connectivity index (χ4n) is 3.35. The Labute approximate surface area is 169 Å². The van der Waals surface area contributed by atoms with Crippen LogP contribution in [-0.2, 0) is 19.1 Å². The van der Waals surface area contributed by atoms with Crippen LogP contribution < -0.4 is 11.1 Å². The number of hydrogen-bond donors (Lipinski definition) is 6. The Balaban J connectivity index is 1.75. The second kappa shape index (κ2) is 8.14. The average Bonchev–Trinajstić information content (AvgIpc) is 2.64. The number of carbonyl (C=O) groups excluding carboxylic acids is 2. The fraction of sp³-hybridized carbons (Fsp3) is 0.500. The highest BCUT2D eigenvalue weighted by Crippen LogP contribution is 2.38. The molecule has 7 N–H and O–H groups in total. The molecule has 2 fully saturated rings. The molecule has 1 aromatic carbocycles. The third-order valence-electron chi connectivity index (χ3n) is 5.25. The van der Waals surface area contributed by atoms with Gasteiger partial charge in [-0.2, -0.15) is 0 Å². The molecule has 1 aromatic rings. The van der Waals surface area contributed by atoms with Gasteiger partial charge in [-0.1, -0.05) is 0 Å². The maximum Gasteiger partial charge on any atom is 0.335 e. The number of esters is 1. The molecule has 0 radical (unpaired) electrons. The largest absolute Gasteiger partial charge is 0.479 e. The zero-order valence-electron chi connectivity index (χ0n) is 15.5. The number of carboxylic acids is 1. The summed E-state index contributed by atoms with van der Waals surface area (Å²) in [5.41, 5.74) is 3.58. The van der Waals surface area contributed by atoms with Gasteiger partial charge >= 0.3 is 11.9 Å². The number of benzene rings is 1. The van der Waals surface area contributed by atoms with E-state index in [9.17, 15) is 34.1 Å². The molecule has 1 amide bonds. The third-order valence-corrected chi connectivity index (χ3v) is 5.25. The van der Waals surface area contributed by atoms with E-state index in [0.717, 1.165) is 12.1 Å². The Bertz CT molecular complexity index is 860. The number of aliphatic hydroxyl groups excluding tert-OH is 3. The lowest BCUT2D eigenvalue weighted by Gasteiger charge is -2.43. The van der Waals surface area contributed by atoms with Gasteiger partial charge in [0.1, 0.15) is 29.7 Å². The number of aliphatic carboxylic acids is 1. The topological polar surface area (TPSA) is 189 Å². The zero-order valence-corrected chi connectivity index (χ0v) is 15.5. The van der Waals surface area contributed by atoms with Crippen LogP contribution in [0.25, 0.3) is 0 Å². The molecule has 5 atom stereocenters. The maximum atomic E-state index is 14.0. The minimum atomic E-state index is -1.92. The van der Waals surface area contributed by atoms with E-state index < -0.39 is 59.9 Å². The number of carbonyl (C=O) groups is 3. The first-order valence-corrected chi connectivity index (χ1v) is 9.07. The molecule has 1 aliphatic heterocycles. The van der Waals surface area contributed by atoms with Crippen LogP contribution in [0.4, 0.5) is 10.1 Å². The number of carboxylic acid groups (broad SMARTS) is 1. The Kier molecular flexibility index (Phi) is 5.94. The predicted molar refractivity (Wildman–Crippen MR) is 95.5 cm³/mol. The van der Waals surface area contributed by atoms with Gasteiger partial charge in [0, 0.05) is 5.69 Å². The van der Waals surface area contributed by atoms with E-state index in [-0.39, 0.29) is 24.1 Å². The highest BCUT2D eigenvalue weighted by atomic mass is 19.1. The molecule has 0 spiro atoms. The van der Waals surface area contributed by atoms with Crippen molar-refractivity contribution >= 4 is 23.5 Å². The Morgan fingerprint density at radius 3 is 2.33 bits per heavy atom. The van der Waals surface area contributed by atoms with Gasteiger partial charge in [0.2, 0.25) is 6.29 Å². The van der Waals surface area contributed by atoms with Gasteiger partial charge in [-0.05, 0) is 37.5 Å². The number of hydrogen-bond acceptors (Lipinski definition) is 9. The number of anilines is 1. The lowest BCUT2D eigenvalue weighted by atomic mass is 9.76. The predicted octanol–water partition coefficient (Wildman–Crippen LogP) is -1.31. The van der Waals surface area contributed by atoms with E-state index in [1.807, 2.05) is 0 Å². The molecule has 11 nitrogen and oxygen atoms in total. The number of rotatable bonds is 6. The van der Waals surface area contributed by atoms with Gasteiger partial charge in [-0.25, -0.2) is 14.0 Å². The molecule has 12 heteroatoms. The minimum absolute atomic E-state index is 0.165. The van der Waals surface area contributed by atoms with Crippen LogP contribution in [0.3, 0.4) is 0 Å². The number of ether oxygens (including phenoxy) is 2. The summed E-state index contributed by atoms with van der Waals surface area (Å²) in [5.74, 6) is -4.38. The Morgan fingerprint density at radius 2 is 1.83 bits per heavy atom. The van der Waals surface area contributed by atoms with Crippen LogP contribution in [0.1, 0.15) is 29.6 Å². The van der Waals surface area contributed by atoms with E-state index in [0.29, 0.717) is 6.42 Å². The number of amides is 1. The number of nitrogens with two attached hydrogens (primary N) is 1. The summed E-state index contributed by atoms with van der Waals surface area (Å²) in [7, 11) is 0. The van der Waals surface area contributed by atoms with Gasteiger partial charge in [0.05, 0.1) is 5.56 Å². The van der Waals surface area contributed by atoms with E-state index in [4.69, 9.17) is 20.3 Å². The molecule has 0 aromatic heterocycles. The molecule has 3 rings (SSSR count). The first kappa shape index (κ1) is 21.9. The molecule has 1 saturated carbocycles. The number of halogens is 1. The van der Waals surface area contributed by atoms with Crippen molar-refractivity contribution in [2.24, 2.45) is 5.73 Å². The van der Waals surface area contributed by atoms with Gasteiger partial charge in [0.25, 0.3) is 5.91 Å². The number of nitrogens with one attached hydrogen (secondary N) is 1. The highest BCUT2D eigenvalue weighted by molar-refractivity contribution is 5.93. The molecular formula is C18H21FN2O9. The summed E-state index contributed by atoms with van der Waals surface area (Å²) >= 11 is 0. The molecule has 1 saturated heterocycles. The second-order valence-corrected chi connectivity index (χ2v) is 7.26. The van der Waals surface area contributed by atoms with Crippen molar-refractivity contribution in [3.8, 4) is 0 Å². The number of primary amides is 1. The van der Waals surface area contributed by atoms with Crippen LogP contribution in [0, 0.1) is 5.82 Å². The van der Waals surface area contributed by atoms with E-state index in [1.165, 1.54) is 6.07 Å². The maximum absolute atomic E-state index is 14.0. The van der Waals surface area contributed by atoms with Crippen molar-refractivity contribution in [1.82, 2.24) is 0 Å². The SMILES string of the molecule is NC(=O)c1ccc(NC2(C(=O)O[C@@H]3O[C@H](C(=O)O)[C@@H](O)[C@H](O)[C@H]3O)CCC2)cc1F. The van der Waals surface area contributed by atoms with Crippen molar-refractivity contribution in [3.05, 3.63) is 29.6 Å². The van der Waals surface area contributed by atoms with Crippen molar-refractivity contribution in [1.29, 1.82) is 0 Å². The summed E-state index contributed by atoms with van der Waals surface area (Å²) < 4.78 is 24.0. The van der Waals surface area contributed by atoms with Crippen LogP contribution in [0.15, 0.2) is 18.2 Å². The van der Waals surface area contributed by atoms with Gasteiger partial charge in [-0.15, -0.1) is 0 Å². The Hall–Kier alpha value is -2.80. The van der Waals surface area contributed by atoms with Crippen molar-refractivity contribution < 1.29 is 48.7 Å². The number of aliphatic hydroxyl groups is 3. The van der Waals surface area contributed by atoms with Crippen LogP contribution >= 0.6 is 0 Å². The highest BCUT2D eigenvalue weighted by Gasteiger charge is 2.52. The fourth-order valence-corrected chi connectivity index (χ4v) is 3.35. The quantitative estimate of drug-likeness (QED) is 0.297. The summed E-state index contributed by atoms with van der Waals surface area (Å²) in [4.78, 5) is 35.1. The Morgan fingerprint density at radius 1 is 1.17 bits per heavy atom. The van der Waals surface area contributed by atoms with Crippen LogP contribution in [-0.4, -0.2) is 74.5 Å². The van der Waals surface area contributed by atoms with E-state index in [1.54, 1.807) is 0 Å². The van der Waals surface area contributed by atoms with Crippen LogP contribution in [0.5, 0.6) is 0 Å². The van der Waals surface area contributed by atoms with E-state index in [2.05, 4.69) is 5.32 Å². The molecular weight excluding hydrogens is 407 g/mol. The second-order valence-electron chi connectivity index (χ2n) is 7.26. The lowest BCUT2D eigenvalue weighted by Crippen LogP contribution is -2.62. The molecule has 1 heterocycles. The third kappa shape index (κ3) is 3.94. The molecule has 0 bridgehead atoms. The summed E-state index contributed by atoms with van der Waals surface area (Å²) in [5, 5.41) is 41.4. The van der Waals surface area contributed by atoms with Crippen LogP contribution in [0.2, 0.25) is 0 Å². The van der Waals surface area contributed by atoms with Crippen molar-refractivity contribution in [2.75, 3.05) is 5.32 Å². The molecule has 2 aliphatic rings. The minimum Gasteiger partial charge on any atom is -0.479 e. The normalized spacial score (nSPS) is 30.1. The summed E-state index contributed by atoms with van der Waals surface area (Å²) in [6, 6.07) is 3.49. The molecule has 0 unspecified atom stereocenters. The summed E-state index contributed by atoms with van der Waals surface area (Å²) in [6.45, 7) is 0.